The Kier molecular flexibility index (Phi) is 4.36. The molecule has 0 aliphatic rings. The maximum Gasteiger partial charge on any atom is 0.276 e. The molecular formula is C13H10ClFN2O2S. The van der Waals surface area contributed by atoms with Crippen LogP contribution >= 0.6 is 11.6 Å². The third-order valence-corrected chi connectivity index (χ3v) is 3.99. The largest absolute Gasteiger partial charge is 0.276 e. The van der Waals surface area contributed by atoms with Gasteiger partial charge in [0, 0.05) is 5.56 Å². The highest BCUT2D eigenvalue weighted by atomic mass is 35.5. The van der Waals surface area contributed by atoms with Gasteiger partial charge in [-0.05, 0) is 24.3 Å². The molecule has 0 aliphatic heterocycles. The van der Waals surface area contributed by atoms with Crippen LogP contribution in [-0.2, 0) is 10.0 Å². The fourth-order valence-corrected chi connectivity index (χ4v) is 2.47. The summed E-state index contributed by atoms with van der Waals surface area (Å²) in [4.78, 5) is 2.06. The molecule has 1 N–H and O–H groups in total. The molecule has 0 radical (unpaired) electrons. The number of hydrogen-bond donors (Lipinski definition) is 1. The van der Waals surface area contributed by atoms with E-state index in [-0.39, 0.29) is 15.5 Å². The van der Waals surface area contributed by atoms with Crippen LogP contribution in [0.5, 0.6) is 0 Å². The van der Waals surface area contributed by atoms with Crippen molar-refractivity contribution in [1.82, 2.24) is 4.83 Å². The molecule has 2 rings (SSSR count). The molecule has 0 unspecified atom stereocenters. The summed E-state index contributed by atoms with van der Waals surface area (Å²) in [5.74, 6) is -0.583. The van der Waals surface area contributed by atoms with E-state index in [1.807, 2.05) is 4.83 Å². The molecule has 104 valence electrons. The van der Waals surface area contributed by atoms with Crippen molar-refractivity contribution in [2.75, 3.05) is 0 Å². The van der Waals surface area contributed by atoms with E-state index < -0.39 is 15.8 Å². The Balaban J connectivity index is 2.19. The Morgan fingerprint density at radius 2 is 1.80 bits per heavy atom. The molecule has 0 saturated heterocycles. The first-order chi connectivity index (χ1) is 9.50. The molecule has 2 aromatic carbocycles. The van der Waals surface area contributed by atoms with Crippen LogP contribution in [0.3, 0.4) is 0 Å². The molecule has 0 aliphatic carbocycles. The normalized spacial score (nSPS) is 11.7. The zero-order valence-corrected chi connectivity index (χ0v) is 11.7. The van der Waals surface area contributed by atoms with Crippen molar-refractivity contribution < 1.29 is 12.8 Å². The van der Waals surface area contributed by atoms with Crippen LogP contribution in [0.15, 0.2) is 58.5 Å². The lowest BCUT2D eigenvalue weighted by Gasteiger charge is -2.03. The first kappa shape index (κ1) is 14.5. The van der Waals surface area contributed by atoms with Crippen molar-refractivity contribution in [2.24, 2.45) is 5.10 Å². The Bertz CT molecular complexity index is 713. The van der Waals surface area contributed by atoms with Gasteiger partial charge in [-0.3, -0.25) is 0 Å². The highest BCUT2D eigenvalue weighted by Crippen LogP contribution is 2.16. The minimum absolute atomic E-state index is 0.0185. The van der Waals surface area contributed by atoms with Crippen LogP contribution in [0.4, 0.5) is 4.39 Å². The third kappa shape index (κ3) is 3.34. The van der Waals surface area contributed by atoms with Gasteiger partial charge in [0.25, 0.3) is 10.0 Å². The van der Waals surface area contributed by atoms with Crippen molar-refractivity contribution >= 4 is 27.8 Å². The summed E-state index contributed by atoms with van der Waals surface area (Å²) < 4.78 is 37.1. The summed E-state index contributed by atoms with van der Waals surface area (Å²) >= 11 is 5.79. The van der Waals surface area contributed by atoms with E-state index >= 15 is 0 Å². The number of nitrogens with zero attached hydrogens (tertiary/aromatic N) is 1. The second-order valence-electron chi connectivity index (χ2n) is 3.80. The van der Waals surface area contributed by atoms with Gasteiger partial charge in [-0.15, -0.1) is 0 Å². The van der Waals surface area contributed by atoms with Gasteiger partial charge < -0.3 is 0 Å². The van der Waals surface area contributed by atoms with Crippen molar-refractivity contribution in [3.63, 3.8) is 0 Å². The molecule has 0 saturated carbocycles. The van der Waals surface area contributed by atoms with Gasteiger partial charge in [0.1, 0.15) is 5.82 Å². The molecule has 20 heavy (non-hydrogen) atoms. The van der Waals surface area contributed by atoms with E-state index in [0.29, 0.717) is 0 Å². The number of sulfonamides is 1. The molecule has 0 atom stereocenters. The van der Waals surface area contributed by atoms with Crippen molar-refractivity contribution in [2.45, 2.75) is 4.90 Å². The monoisotopic (exact) mass is 312 g/mol. The van der Waals surface area contributed by atoms with Crippen LogP contribution < -0.4 is 4.83 Å². The Hall–Kier alpha value is -1.92. The number of benzene rings is 2. The first-order valence-corrected chi connectivity index (χ1v) is 7.41. The van der Waals surface area contributed by atoms with Gasteiger partial charge in [-0.1, -0.05) is 35.9 Å². The zero-order chi connectivity index (χ0) is 14.6. The highest BCUT2D eigenvalue weighted by Gasteiger charge is 2.11. The summed E-state index contributed by atoms with van der Waals surface area (Å²) in [7, 11) is -3.77. The van der Waals surface area contributed by atoms with E-state index in [4.69, 9.17) is 11.6 Å². The molecular weight excluding hydrogens is 303 g/mol. The Morgan fingerprint density at radius 1 is 1.10 bits per heavy atom. The summed E-state index contributed by atoms with van der Waals surface area (Å²) in [6.45, 7) is 0. The Morgan fingerprint density at radius 3 is 2.45 bits per heavy atom. The van der Waals surface area contributed by atoms with E-state index in [0.717, 1.165) is 6.21 Å². The second kappa shape index (κ2) is 6.02. The number of hydrogen-bond acceptors (Lipinski definition) is 3. The summed E-state index contributed by atoms with van der Waals surface area (Å²) in [5, 5.41) is 3.67. The number of hydrazone groups is 1. The topological polar surface area (TPSA) is 58.5 Å². The zero-order valence-electron chi connectivity index (χ0n) is 10.1. The van der Waals surface area contributed by atoms with Crippen LogP contribution in [-0.4, -0.2) is 14.6 Å². The SMILES string of the molecule is O=S(=O)(N/N=C/c1c(F)cccc1Cl)c1ccccc1. The molecule has 0 aromatic heterocycles. The fraction of sp³-hybridized carbons (Fsp3) is 0. The highest BCUT2D eigenvalue weighted by molar-refractivity contribution is 7.89. The van der Waals surface area contributed by atoms with E-state index in [9.17, 15) is 12.8 Å². The number of halogens is 2. The van der Waals surface area contributed by atoms with Gasteiger partial charge in [0.2, 0.25) is 0 Å². The summed E-state index contributed by atoms with van der Waals surface area (Å²) in [6, 6.07) is 11.9. The van der Waals surface area contributed by atoms with Crippen LogP contribution in [0, 0.1) is 5.82 Å². The first-order valence-electron chi connectivity index (χ1n) is 5.54. The molecule has 4 nitrogen and oxygen atoms in total. The minimum atomic E-state index is -3.77. The summed E-state index contributed by atoms with van der Waals surface area (Å²) in [5.41, 5.74) is 0.0185. The van der Waals surface area contributed by atoms with Gasteiger partial charge >= 0.3 is 0 Å². The van der Waals surface area contributed by atoms with Crippen LogP contribution in [0.25, 0.3) is 0 Å². The van der Waals surface area contributed by atoms with Crippen molar-refractivity contribution in [3.05, 3.63) is 64.9 Å². The van der Waals surface area contributed by atoms with Gasteiger partial charge in [-0.25, -0.2) is 9.22 Å². The molecule has 0 fully saturated rings. The van der Waals surface area contributed by atoms with Gasteiger partial charge in [0.05, 0.1) is 16.1 Å². The van der Waals surface area contributed by atoms with Gasteiger partial charge in [-0.2, -0.15) is 13.5 Å². The number of rotatable bonds is 4. The lowest BCUT2D eigenvalue weighted by Crippen LogP contribution is -2.18. The lowest BCUT2D eigenvalue weighted by molar-refractivity contribution is 0.584. The summed E-state index contributed by atoms with van der Waals surface area (Å²) in [6.07, 6.45) is 1.03. The average molecular weight is 313 g/mol. The second-order valence-corrected chi connectivity index (χ2v) is 5.87. The predicted molar refractivity (Wildman–Crippen MR) is 75.8 cm³/mol. The molecule has 0 amide bonds. The maximum absolute atomic E-state index is 13.4. The van der Waals surface area contributed by atoms with E-state index in [1.54, 1.807) is 18.2 Å². The fourth-order valence-electron chi connectivity index (χ4n) is 1.45. The Labute approximate surface area is 120 Å². The average Bonchev–Trinajstić information content (AvgIpc) is 2.43. The molecule has 2 aromatic rings. The van der Waals surface area contributed by atoms with Crippen LogP contribution in [0.2, 0.25) is 5.02 Å². The van der Waals surface area contributed by atoms with Crippen molar-refractivity contribution in [1.29, 1.82) is 0 Å². The number of nitrogens with one attached hydrogen (secondary N) is 1. The standard InChI is InChI=1S/C13H10ClFN2O2S/c14-12-7-4-8-13(15)11(12)9-16-17-20(18,19)10-5-2-1-3-6-10/h1-9,17H/b16-9+. The van der Waals surface area contributed by atoms with E-state index in [2.05, 4.69) is 5.10 Å². The third-order valence-electron chi connectivity index (χ3n) is 2.42. The molecule has 0 spiro atoms. The van der Waals surface area contributed by atoms with Crippen LogP contribution in [0.1, 0.15) is 5.56 Å². The molecule has 7 heteroatoms. The molecule has 0 heterocycles. The minimum Gasteiger partial charge on any atom is -0.206 e. The van der Waals surface area contributed by atoms with Crippen molar-refractivity contribution in [3.8, 4) is 0 Å². The predicted octanol–water partition coefficient (Wildman–Crippen LogP) is 2.79. The van der Waals surface area contributed by atoms with Gasteiger partial charge in [0.15, 0.2) is 0 Å². The maximum atomic E-state index is 13.4. The quantitative estimate of drug-likeness (QED) is 0.697. The van der Waals surface area contributed by atoms with E-state index in [1.165, 1.54) is 30.3 Å². The lowest BCUT2D eigenvalue weighted by atomic mass is 10.2. The molecule has 0 bridgehead atoms. The smallest absolute Gasteiger partial charge is 0.206 e.